The smallest absolute Gasteiger partial charge is 0.158 e. The van der Waals surface area contributed by atoms with Crippen LogP contribution >= 0.6 is 0 Å². The summed E-state index contributed by atoms with van der Waals surface area (Å²) in [7, 11) is 0. The fourth-order valence-electron chi connectivity index (χ4n) is 2.30. The van der Waals surface area contributed by atoms with Crippen molar-refractivity contribution < 1.29 is 9.47 Å². The van der Waals surface area contributed by atoms with E-state index < -0.39 is 0 Å². The molecule has 0 amide bonds. The highest BCUT2D eigenvalue weighted by atomic mass is 16.7. The third-order valence-electron chi connectivity index (χ3n) is 3.30. The van der Waals surface area contributed by atoms with Crippen LogP contribution in [-0.2, 0) is 22.6 Å². The fourth-order valence-corrected chi connectivity index (χ4v) is 2.30. The van der Waals surface area contributed by atoms with Crippen molar-refractivity contribution in [1.29, 1.82) is 0 Å². The summed E-state index contributed by atoms with van der Waals surface area (Å²) in [5, 5.41) is 8.04. The maximum atomic E-state index is 5.54. The molecule has 6 nitrogen and oxygen atoms in total. The van der Waals surface area contributed by atoms with E-state index in [4.69, 9.17) is 9.47 Å². The molecule has 3 rings (SSSR count). The summed E-state index contributed by atoms with van der Waals surface area (Å²) in [5.74, 6) is 1.06. The van der Waals surface area contributed by atoms with Gasteiger partial charge in [-0.2, -0.15) is 0 Å². The maximum absolute atomic E-state index is 5.54. The minimum Gasteiger partial charge on any atom is -0.353 e. The van der Waals surface area contributed by atoms with Gasteiger partial charge in [0.25, 0.3) is 0 Å². The molecule has 0 radical (unpaired) electrons. The Morgan fingerprint density at radius 1 is 1.29 bits per heavy atom. The summed E-state index contributed by atoms with van der Waals surface area (Å²) < 4.78 is 13.2. The van der Waals surface area contributed by atoms with Gasteiger partial charge in [-0.15, -0.1) is 10.2 Å². The molecule has 0 aliphatic carbocycles. The predicted molar refractivity (Wildman–Crippen MR) is 60.2 cm³/mol. The van der Waals surface area contributed by atoms with Gasteiger partial charge in [0, 0.05) is 26.1 Å². The van der Waals surface area contributed by atoms with Crippen LogP contribution < -0.4 is 0 Å². The summed E-state index contributed by atoms with van der Waals surface area (Å²) in [6.45, 7) is 5.58. The first-order valence-electron chi connectivity index (χ1n) is 6.24. The van der Waals surface area contributed by atoms with Crippen LogP contribution in [-0.4, -0.2) is 52.3 Å². The Morgan fingerprint density at radius 2 is 2.18 bits per heavy atom. The van der Waals surface area contributed by atoms with Crippen molar-refractivity contribution in [2.75, 3.05) is 26.3 Å². The molecule has 0 atom stereocenters. The molecule has 1 fully saturated rings. The van der Waals surface area contributed by atoms with Crippen molar-refractivity contribution in [2.45, 2.75) is 32.2 Å². The van der Waals surface area contributed by atoms with E-state index >= 15 is 0 Å². The van der Waals surface area contributed by atoms with Gasteiger partial charge in [0.15, 0.2) is 6.29 Å². The van der Waals surface area contributed by atoms with E-state index in [0.717, 1.165) is 58.1 Å². The van der Waals surface area contributed by atoms with Crippen LogP contribution in [0, 0.1) is 0 Å². The van der Waals surface area contributed by atoms with Gasteiger partial charge in [-0.1, -0.05) is 0 Å². The minimum atomic E-state index is -0.0106. The molecule has 17 heavy (non-hydrogen) atoms. The number of hydrogen-bond donors (Lipinski definition) is 0. The zero-order chi connectivity index (χ0) is 11.5. The molecule has 94 valence electrons. The second-order valence-corrected chi connectivity index (χ2v) is 4.53. The molecule has 2 aliphatic rings. The molecule has 0 saturated carbocycles. The molecule has 1 saturated heterocycles. The Labute approximate surface area is 101 Å². The average molecular weight is 238 g/mol. The Balaban J connectivity index is 1.47. The predicted octanol–water partition coefficient (Wildman–Crippen LogP) is 0.247. The van der Waals surface area contributed by atoms with E-state index in [1.165, 1.54) is 0 Å². The maximum Gasteiger partial charge on any atom is 0.158 e. The summed E-state index contributed by atoms with van der Waals surface area (Å²) in [4.78, 5) is 2.38. The van der Waals surface area contributed by atoms with Gasteiger partial charge in [-0.25, -0.2) is 0 Å². The first kappa shape index (κ1) is 11.1. The van der Waals surface area contributed by atoms with Crippen LogP contribution in [0.5, 0.6) is 0 Å². The van der Waals surface area contributed by atoms with E-state index in [1.54, 1.807) is 6.33 Å². The third-order valence-corrected chi connectivity index (χ3v) is 3.30. The summed E-state index contributed by atoms with van der Waals surface area (Å²) >= 11 is 0. The van der Waals surface area contributed by atoms with Crippen molar-refractivity contribution in [3.05, 3.63) is 12.2 Å². The van der Waals surface area contributed by atoms with Gasteiger partial charge in [0.05, 0.1) is 19.8 Å². The average Bonchev–Trinajstić information content (AvgIpc) is 2.85. The molecule has 2 aliphatic heterocycles. The largest absolute Gasteiger partial charge is 0.353 e. The Bertz CT molecular complexity index is 362. The lowest BCUT2D eigenvalue weighted by Gasteiger charge is -2.29. The number of fused-ring (bicyclic) bond motifs is 1. The summed E-state index contributed by atoms with van der Waals surface area (Å²) in [6.07, 6.45) is 3.75. The Morgan fingerprint density at radius 3 is 3.06 bits per heavy atom. The SMILES string of the molecule is c1nnc2n1CCN(CCC1OCCCO1)C2. The topological polar surface area (TPSA) is 52.4 Å². The lowest BCUT2D eigenvalue weighted by atomic mass is 10.3. The summed E-state index contributed by atoms with van der Waals surface area (Å²) in [5.41, 5.74) is 0. The lowest BCUT2D eigenvalue weighted by molar-refractivity contribution is -0.183. The zero-order valence-electron chi connectivity index (χ0n) is 9.92. The minimum absolute atomic E-state index is 0.0106. The van der Waals surface area contributed by atoms with Gasteiger partial charge < -0.3 is 14.0 Å². The van der Waals surface area contributed by atoms with Gasteiger partial charge >= 0.3 is 0 Å². The van der Waals surface area contributed by atoms with Crippen molar-refractivity contribution >= 4 is 0 Å². The van der Waals surface area contributed by atoms with Crippen molar-refractivity contribution in [2.24, 2.45) is 0 Å². The first-order chi connectivity index (χ1) is 8.42. The molecule has 0 aromatic carbocycles. The standard InChI is InChI=1S/C11H18N4O2/c1-6-16-11(17-7-1)2-3-14-4-5-15-9-12-13-10(15)8-14/h9,11H,1-8H2. The second kappa shape index (κ2) is 5.12. The van der Waals surface area contributed by atoms with E-state index in [1.807, 2.05) is 0 Å². The van der Waals surface area contributed by atoms with E-state index in [2.05, 4.69) is 19.7 Å². The highest BCUT2D eigenvalue weighted by Gasteiger charge is 2.20. The zero-order valence-corrected chi connectivity index (χ0v) is 9.92. The second-order valence-electron chi connectivity index (χ2n) is 4.53. The van der Waals surface area contributed by atoms with E-state index in [0.29, 0.717) is 0 Å². The van der Waals surface area contributed by atoms with Crippen LogP contribution in [0.3, 0.4) is 0 Å². The van der Waals surface area contributed by atoms with Crippen LogP contribution in [0.2, 0.25) is 0 Å². The molecule has 0 spiro atoms. The highest BCUT2D eigenvalue weighted by Crippen LogP contribution is 2.13. The quantitative estimate of drug-likeness (QED) is 0.755. The molecular formula is C11H18N4O2. The summed E-state index contributed by atoms with van der Waals surface area (Å²) in [6, 6.07) is 0. The monoisotopic (exact) mass is 238 g/mol. The van der Waals surface area contributed by atoms with Crippen LogP contribution in [0.15, 0.2) is 6.33 Å². The molecule has 6 heteroatoms. The van der Waals surface area contributed by atoms with E-state index in [-0.39, 0.29) is 6.29 Å². The molecule has 0 bridgehead atoms. The van der Waals surface area contributed by atoms with Gasteiger partial charge in [0.2, 0.25) is 0 Å². The molecule has 1 aromatic rings. The number of hydrogen-bond acceptors (Lipinski definition) is 5. The van der Waals surface area contributed by atoms with Gasteiger partial charge in [-0.3, -0.25) is 4.90 Å². The van der Waals surface area contributed by atoms with Gasteiger partial charge in [0.1, 0.15) is 12.2 Å². The Hall–Kier alpha value is -0.980. The molecular weight excluding hydrogens is 220 g/mol. The first-order valence-corrected chi connectivity index (χ1v) is 6.24. The number of nitrogens with zero attached hydrogens (tertiary/aromatic N) is 4. The third kappa shape index (κ3) is 2.65. The molecule has 3 heterocycles. The Kier molecular flexibility index (Phi) is 3.35. The van der Waals surface area contributed by atoms with Crippen molar-refractivity contribution in [3.63, 3.8) is 0 Å². The van der Waals surface area contributed by atoms with E-state index in [9.17, 15) is 0 Å². The van der Waals surface area contributed by atoms with Crippen molar-refractivity contribution in [1.82, 2.24) is 19.7 Å². The number of aromatic nitrogens is 3. The lowest BCUT2D eigenvalue weighted by Crippen LogP contribution is -2.37. The van der Waals surface area contributed by atoms with Crippen LogP contribution in [0.4, 0.5) is 0 Å². The number of rotatable bonds is 3. The fraction of sp³-hybridized carbons (Fsp3) is 0.818. The molecule has 0 unspecified atom stereocenters. The highest BCUT2D eigenvalue weighted by molar-refractivity contribution is 4.89. The van der Waals surface area contributed by atoms with Crippen molar-refractivity contribution in [3.8, 4) is 0 Å². The van der Waals surface area contributed by atoms with Crippen LogP contribution in [0.1, 0.15) is 18.7 Å². The molecule has 1 aromatic heterocycles. The normalized spacial score (nSPS) is 22.6. The molecule has 0 N–H and O–H groups in total. The number of ether oxygens (including phenoxy) is 2. The van der Waals surface area contributed by atoms with Crippen LogP contribution in [0.25, 0.3) is 0 Å². The van der Waals surface area contributed by atoms with Gasteiger partial charge in [-0.05, 0) is 6.42 Å².